The van der Waals surface area contributed by atoms with E-state index in [-0.39, 0.29) is 6.04 Å². The monoisotopic (exact) mass is 191 g/mol. The molecule has 0 bridgehead atoms. The Labute approximate surface area is 85.1 Å². The van der Waals surface area contributed by atoms with E-state index in [0.717, 1.165) is 26.1 Å². The number of rotatable bonds is 2. The average Bonchev–Trinajstić information content (AvgIpc) is 2.17. The fraction of sp³-hybridized carbons (Fsp3) is 0.500. The van der Waals surface area contributed by atoms with Crippen molar-refractivity contribution >= 4 is 0 Å². The molecular formula is C12H17NO. The maximum Gasteiger partial charge on any atom is 0.0719 e. The number of hydrogen-bond donors (Lipinski definition) is 1. The van der Waals surface area contributed by atoms with Gasteiger partial charge in [0.15, 0.2) is 0 Å². The molecule has 0 unspecified atom stereocenters. The van der Waals surface area contributed by atoms with E-state index in [0.29, 0.717) is 0 Å². The maximum atomic E-state index is 5.78. The Balaban J connectivity index is 2.20. The number of fused-ring (bicyclic) bond motifs is 1. The van der Waals surface area contributed by atoms with Gasteiger partial charge >= 0.3 is 0 Å². The molecule has 1 aliphatic rings. The molecule has 1 aliphatic heterocycles. The van der Waals surface area contributed by atoms with E-state index < -0.39 is 0 Å². The Morgan fingerprint density at radius 3 is 3.07 bits per heavy atom. The van der Waals surface area contributed by atoms with Crippen molar-refractivity contribution in [2.75, 3.05) is 6.61 Å². The Hall–Kier alpha value is -0.860. The molecule has 1 heterocycles. The van der Waals surface area contributed by atoms with Crippen molar-refractivity contribution in [3.8, 4) is 0 Å². The van der Waals surface area contributed by atoms with Crippen LogP contribution >= 0.6 is 0 Å². The van der Waals surface area contributed by atoms with Crippen molar-refractivity contribution in [1.29, 1.82) is 0 Å². The van der Waals surface area contributed by atoms with E-state index in [1.54, 1.807) is 0 Å². The van der Waals surface area contributed by atoms with E-state index >= 15 is 0 Å². The molecule has 0 saturated carbocycles. The van der Waals surface area contributed by atoms with Crippen LogP contribution in [-0.2, 0) is 24.2 Å². The summed E-state index contributed by atoms with van der Waals surface area (Å²) in [6.07, 6.45) is 2.01. The lowest BCUT2D eigenvalue weighted by atomic mass is 9.98. The standard InChI is InChI=1S/C12H17NO/c1-9(13)6-10-2-3-12-8-14-5-4-11(12)7-10/h2-3,7,9H,4-6,8,13H2,1H3/t9-/m1/s1. The quantitative estimate of drug-likeness (QED) is 0.771. The van der Waals surface area contributed by atoms with Gasteiger partial charge in [-0.3, -0.25) is 0 Å². The molecule has 1 aromatic rings. The molecule has 2 N–H and O–H groups in total. The molecule has 0 radical (unpaired) electrons. The van der Waals surface area contributed by atoms with Crippen LogP contribution in [0.5, 0.6) is 0 Å². The Bertz CT molecular complexity index is 320. The molecule has 0 saturated heterocycles. The smallest absolute Gasteiger partial charge is 0.0719 e. The Morgan fingerprint density at radius 1 is 1.43 bits per heavy atom. The highest BCUT2D eigenvalue weighted by atomic mass is 16.5. The summed E-state index contributed by atoms with van der Waals surface area (Å²) in [6.45, 7) is 3.67. The van der Waals surface area contributed by atoms with E-state index in [9.17, 15) is 0 Å². The van der Waals surface area contributed by atoms with Gasteiger partial charge in [-0.2, -0.15) is 0 Å². The maximum absolute atomic E-state index is 5.78. The second kappa shape index (κ2) is 4.11. The largest absolute Gasteiger partial charge is 0.376 e. The molecule has 0 fully saturated rings. The first-order chi connectivity index (χ1) is 6.75. The Kier molecular flexibility index (Phi) is 2.85. The second-order valence-corrected chi connectivity index (χ2v) is 4.09. The van der Waals surface area contributed by atoms with Gasteiger partial charge in [-0.1, -0.05) is 18.2 Å². The van der Waals surface area contributed by atoms with Gasteiger partial charge < -0.3 is 10.5 Å². The van der Waals surface area contributed by atoms with Crippen LogP contribution in [0.1, 0.15) is 23.6 Å². The van der Waals surface area contributed by atoms with Gasteiger partial charge in [-0.25, -0.2) is 0 Å². The van der Waals surface area contributed by atoms with Crippen molar-refractivity contribution in [3.63, 3.8) is 0 Å². The first-order valence-electron chi connectivity index (χ1n) is 5.19. The van der Waals surface area contributed by atoms with Gasteiger partial charge in [-0.15, -0.1) is 0 Å². The third-order valence-electron chi connectivity index (χ3n) is 2.60. The van der Waals surface area contributed by atoms with Crippen molar-refractivity contribution < 1.29 is 4.74 Å². The predicted octanol–water partition coefficient (Wildman–Crippen LogP) is 1.65. The third-order valence-corrected chi connectivity index (χ3v) is 2.60. The minimum atomic E-state index is 0.243. The minimum Gasteiger partial charge on any atom is -0.376 e. The van der Waals surface area contributed by atoms with Crippen LogP contribution < -0.4 is 5.73 Å². The van der Waals surface area contributed by atoms with Crippen LogP contribution in [0.15, 0.2) is 18.2 Å². The van der Waals surface area contributed by atoms with Gasteiger partial charge in [0.1, 0.15) is 0 Å². The third kappa shape index (κ3) is 2.14. The molecule has 0 aromatic heterocycles. The summed E-state index contributed by atoms with van der Waals surface area (Å²) >= 11 is 0. The van der Waals surface area contributed by atoms with E-state index in [4.69, 9.17) is 10.5 Å². The fourth-order valence-corrected chi connectivity index (χ4v) is 1.92. The topological polar surface area (TPSA) is 35.2 Å². The van der Waals surface area contributed by atoms with Gasteiger partial charge in [0.2, 0.25) is 0 Å². The molecule has 0 amide bonds. The number of ether oxygens (including phenoxy) is 1. The van der Waals surface area contributed by atoms with Crippen LogP contribution in [0.3, 0.4) is 0 Å². The zero-order chi connectivity index (χ0) is 9.97. The molecule has 14 heavy (non-hydrogen) atoms. The summed E-state index contributed by atoms with van der Waals surface area (Å²) in [5, 5.41) is 0. The summed E-state index contributed by atoms with van der Waals surface area (Å²) in [6, 6.07) is 6.86. The molecule has 2 nitrogen and oxygen atoms in total. The molecule has 76 valence electrons. The number of nitrogens with two attached hydrogens (primary N) is 1. The Morgan fingerprint density at radius 2 is 2.29 bits per heavy atom. The molecule has 2 heteroatoms. The summed E-state index contributed by atoms with van der Waals surface area (Å²) < 4.78 is 5.39. The van der Waals surface area contributed by atoms with Crippen molar-refractivity contribution in [2.45, 2.75) is 32.4 Å². The summed E-state index contributed by atoms with van der Waals surface area (Å²) in [4.78, 5) is 0. The fourth-order valence-electron chi connectivity index (χ4n) is 1.92. The van der Waals surface area contributed by atoms with Crippen molar-refractivity contribution in [3.05, 3.63) is 34.9 Å². The molecule has 1 atom stereocenters. The van der Waals surface area contributed by atoms with Crippen LogP contribution in [0, 0.1) is 0 Å². The molecular weight excluding hydrogens is 174 g/mol. The van der Waals surface area contributed by atoms with Crippen molar-refractivity contribution in [2.24, 2.45) is 5.73 Å². The molecule has 0 aliphatic carbocycles. The molecule has 1 aromatic carbocycles. The van der Waals surface area contributed by atoms with E-state index in [2.05, 4.69) is 18.2 Å². The average molecular weight is 191 g/mol. The van der Waals surface area contributed by atoms with Crippen LogP contribution in [-0.4, -0.2) is 12.6 Å². The highest BCUT2D eigenvalue weighted by Crippen LogP contribution is 2.18. The van der Waals surface area contributed by atoms with Gasteiger partial charge in [-0.05, 0) is 36.5 Å². The summed E-state index contributed by atoms with van der Waals surface area (Å²) in [7, 11) is 0. The van der Waals surface area contributed by atoms with Crippen LogP contribution in [0.25, 0.3) is 0 Å². The zero-order valence-corrected chi connectivity index (χ0v) is 8.62. The summed E-state index contributed by atoms with van der Waals surface area (Å²) in [5.41, 5.74) is 9.90. The van der Waals surface area contributed by atoms with E-state index in [1.165, 1.54) is 16.7 Å². The predicted molar refractivity (Wildman–Crippen MR) is 57.2 cm³/mol. The highest BCUT2D eigenvalue weighted by Gasteiger charge is 2.09. The first-order valence-corrected chi connectivity index (χ1v) is 5.19. The molecule has 0 spiro atoms. The second-order valence-electron chi connectivity index (χ2n) is 4.09. The summed E-state index contributed by atoms with van der Waals surface area (Å²) in [5.74, 6) is 0. The normalized spacial score (nSPS) is 17.6. The van der Waals surface area contributed by atoms with Gasteiger partial charge in [0.25, 0.3) is 0 Å². The zero-order valence-electron chi connectivity index (χ0n) is 8.62. The SMILES string of the molecule is C[C@@H](N)Cc1ccc2c(c1)CCOC2. The van der Waals surface area contributed by atoms with Crippen LogP contribution in [0.2, 0.25) is 0 Å². The van der Waals surface area contributed by atoms with Gasteiger partial charge in [0.05, 0.1) is 13.2 Å². The van der Waals surface area contributed by atoms with Crippen molar-refractivity contribution in [1.82, 2.24) is 0 Å². The lowest BCUT2D eigenvalue weighted by Crippen LogP contribution is -2.18. The lowest BCUT2D eigenvalue weighted by molar-refractivity contribution is 0.110. The van der Waals surface area contributed by atoms with Crippen LogP contribution in [0.4, 0.5) is 0 Å². The minimum absolute atomic E-state index is 0.243. The van der Waals surface area contributed by atoms with E-state index in [1.807, 2.05) is 6.92 Å². The first kappa shape index (κ1) is 9.69. The number of benzene rings is 1. The van der Waals surface area contributed by atoms with Gasteiger partial charge in [0, 0.05) is 6.04 Å². The lowest BCUT2D eigenvalue weighted by Gasteiger charge is -2.17. The number of hydrogen-bond acceptors (Lipinski definition) is 2. The highest BCUT2D eigenvalue weighted by molar-refractivity contribution is 5.33. The molecule has 2 rings (SSSR count).